The van der Waals surface area contributed by atoms with E-state index in [1.807, 2.05) is 24.3 Å². The van der Waals surface area contributed by atoms with E-state index in [0.717, 1.165) is 24.2 Å². The number of hydrogen-bond donors (Lipinski definition) is 1. The predicted octanol–water partition coefficient (Wildman–Crippen LogP) is 3.25. The molecule has 0 radical (unpaired) electrons. The fourth-order valence-corrected chi connectivity index (χ4v) is 2.84. The summed E-state index contributed by atoms with van der Waals surface area (Å²) in [5.74, 6) is -0.136. The zero-order valence-electron chi connectivity index (χ0n) is 13.4. The number of fused-ring (bicyclic) bond motifs is 1. The Morgan fingerprint density at radius 2 is 2.08 bits per heavy atom. The van der Waals surface area contributed by atoms with E-state index >= 15 is 0 Å². The number of hydrogen-bond acceptors (Lipinski definition) is 3. The van der Waals surface area contributed by atoms with Gasteiger partial charge < -0.3 is 14.8 Å². The van der Waals surface area contributed by atoms with Crippen LogP contribution in [0.4, 0.5) is 0 Å². The lowest BCUT2D eigenvalue weighted by Crippen LogP contribution is -2.27. The number of amides is 1. The second-order valence-corrected chi connectivity index (χ2v) is 6.17. The zero-order chi connectivity index (χ0) is 16.8. The number of benzene rings is 2. The summed E-state index contributed by atoms with van der Waals surface area (Å²) < 4.78 is 10.9. The van der Waals surface area contributed by atoms with E-state index in [1.54, 1.807) is 6.07 Å². The summed E-state index contributed by atoms with van der Waals surface area (Å²) in [6, 6.07) is 13.7. The van der Waals surface area contributed by atoms with Crippen LogP contribution >= 0.6 is 11.6 Å². The van der Waals surface area contributed by atoms with Gasteiger partial charge in [0.25, 0.3) is 0 Å². The van der Waals surface area contributed by atoms with Gasteiger partial charge in [-0.15, -0.1) is 0 Å². The molecule has 2 aromatic carbocycles. The van der Waals surface area contributed by atoms with Crippen LogP contribution in [0.25, 0.3) is 0 Å². The van der Waals surface area contributed by atoms with Gasteiger partial charge in [-0.25, -0.2) is 0 Å². The number of carbonyl (C=O) groups excluding carboxylic acids is 1. The Morgan fingerprint density at radius 3 is 2.96 bits per heavy atom. The second kappa shape index (κ2) is 8.29. The number of carbonyl (C=O) groups is 1. The van der Waals surface area contributed by atoms with E-state index in [4.69, 9.17) is 21.1 Å². The van der Waals surface area contributed by atoms with Crippen LogP contribution in [0.5, 0.6) is 0 Å². The van der Waals surface area contributed by atoms with Crippen molar-refractivity contribution in [2.45, 2.75) is 26.2 Å². The van der Waals surface area contributed by atoms with E-state index in [0.29, 0.717) is 24.8 Å². The molecule has 24 heavy (non-hydrogen) atoms. The molecule has 0 spiro atoms. The van der Waals surface area contributed by atoms with Crippen LogP contribution in [0.2, 0.25) is 5.02 Å². The van der Waals surface area contributed by atoms with Gasteiger partial charge in [0.15, 0.2) is 0 Å². The third-order valence-electron chi connectivity index (χ3n) is 3.98. The summed E-state index contributed by atoms with van der Waals surface area (Å²) in [4.78, 5) is 11.9. The predicted molar refractivity (Wildman–Crippen MR) is 92.8 cm³/mol. The second-order valence-electron chi connectivity index (χ2n) is 5.77. The SMILES string of the molecule is O=C(COCc1ccccc1Cl)NCc1ccc2c(c1)CCOC2. The molecule has 0 fully saturated rings. The molecular formula is C19H20ClNO3. The van der Waals surface area contributed by atoms with E-state index in [-0.39, 0.29) is 12.5 Å². The van der Waals surface area contributed by atoms with Gasteiger partial charge in [-0.2, -0.15) is 0 Å². The molecule has 1 aliphatic rings. The van der Waals surface area contributed by atoms with Crippen molar-refractivity contribution in [3.63, 3.8) is 0 Å². The molecule has 1 aliphatic heterocycles. The van der Waals surface area contributed by atoms with Crippen molar-refractivity contribution >= 4 is 17.5 Å². The third-order valence-corrected chi connectivity index (χ3v) is 4.35. The van der Waals surface area contributed by atoms with Gasteiger partial charge in [0.1, 0.15) is 6.61 Å². The highest BCUT2D eigenvalue weighted by Gasteiger charge is 2.10. The molecule has 126 valence electrons. The average Bonchev–Trinajstić information content (AvgIpc) is 2.61. The lowest BCUT2D eigenvalue weighted by Gasteiger charge is -2.17. The van der Waals surface area contributed by atoms with Crippen molar-refractivity contribution in [2.24, 2.45) is 0 Å². The van der Waals surface area contributed by atoms with Crippen LogP contribution in [0.3, 0.4) is 0 Å². The quantitative estimate of drug-likeness (QED) is 0.874. The van der Waals surface area contributed by atoms with Crippen molar-refractivity contribution in [3.8, 4) is 0 Å². The molecule has 2 aromatic rings. The Hall–Kier alpha value is -1.88. The van der Waals surface area contributed by atoms with Gasteiger partial charge in [-0.3, -0.25) is 4.79 Å². The lowest BCUT2D eigenvalue weighted by molar-refractivity contribution is -0.126. The van der Waals surface area contributed by atoms with E-state index in [9.17, 15) is 4.79 Å². The first-order chi connectivity index (χ1) is 11.7. The molecule has 3 rings (SSSR count). The van der Waals surface area contributed by atoms with E-state index in [1.165, 1.54) is 11.1 Å². The standard InChI is InChI=1S/C19H20ClNO3/c20-18-4-2-1-3-17(18)12-24-13-19(22)21-10-14-5-6-16-11-23-8-7-15(16)9-14/h1-6,9H,7-8,10-13H2,(H,21,22). The van der Waals surface area contributed by atoms with Crippen molar-refractivity contribution in [3.05, 3.63) is 69.7 Å². The first kappa shape index (κ1) is 17.0. The van der Waals surface area contributed by atoms with Crippen LogP contribution < -0.4 is 5.32 Å². The summed E-state index contributed by atoms with van der Waals surface area (Å²) >= 11 is 6.05. The van der Waals surface area contributed by atoms with Gasteiger partial charge in [-0.1, -0.05) is 48.0 Å². The molecule has 0 bridgehead atoms. The largest absolute Gasteiger partial charge is 0.376 e. The van der Waals surface area contributed by atoms with Gasteiger partial charge in [0, 0.05) is 11.6 Å². The van der Waals surface area contributed by atoms with Gasteiger partial charge >= 0.3 is 0 Å². The first-order valence-corrected chi connectivity index (χ1v) is 8.36. The Balaban J connectivity index is 1.43. The molecule has 1 heterocycles. The zero-order valence-corrected chi connectivity index (χ0v) is 14.1. The van der Waals surface area contributed by atoms with Crippen molar-refractivity contribution in [2.75, 3.05) is 13.2 Å². The van der Waals surface area contributed by atoms with Crippen molar-refractivity contribution in [1.82, 2.24) is 5.32 Å². The Labute approximate surface area is 146 Å². The number of rotatable bonds is 6. The normalized spacial score (nSPS) is 13.4. The van der Waals surface area contributed by atoms with E-state index < -0.39 is 0 Å². The van der Waals surface area contributed by atoms with Crippen LogP contribution in [0.15, 0.2) is 42.5 Å². The fourth-order valence-electron chi connectivity index (χ4n) is 2.65. The summed E-state index contributed by atoms with van der Waals surface area (Å²) in [6.45, 7) is 2.29. The highest BCUT2D eigenvalue weighted by molar-refractivity contribution is 6.31. The van der Waals surface area contributed by atoms with Crippen LogP contribution in [0, 0.1) is 0 Å². The fraction of sp³-hybridized carbons (Fsp3) is 0.316. The van der Waals surface area contributed by atoms with Crippen LogP contribution in [0.1, 0.15) is 22.3 Å². The topological polar surface area (TPSA) is 47.6 Å². The molecular weight excluding hydrogens is 326 g/mol. The number of halogens is 1. The summed E-state index contributed by atoms with van der Waals surface area (Å²) in [7, 11) is 0. The minimum atomic E-state index is -0.136. The van der Waals surface area contributed by atoms with Crippen LogP contribution in [-0.2, 0) is 40.4 Å². The van der Waals surface area contributed by atoms with Crippen molar-refractivity contribution < 1.29 is 14.3 Å². The van der Waals surface area contributed by atoms with Gasteiger partial charge in [0.2, 0.25) is 5.91 Å². The smallest absolute Gasteiger partial charge is 0.246 e. The molecule has 5 heteroatoms. The molecule has 1 amide bonds. The molecule has 0 unspecified atom stereocenters. The molecule has 0 atom stereocenters. The van der Waals surface area contributed by atoms with Crippen LogP contribution in [-0.4, -0.2) is 19.1 Å². The Bertz CT molecular complexity index is 718. The number of ether oxygens (including phenoxy) is 2. The summed E-state index contributed by atoms with van der Waals surface area (Å²) in [5, 5.41) is 3.53. The first-order valence-electron chi connectivity index (χ1n) is 7.98. The average molecular weight is 346 g/mol. The van der Waals surface area contributed by atoms with Crippen molar-refractivity contribution in [1.29, 1.82) is 0 Å². The minimum absolute atomic E-state index is 0.0179. The number of nitrogens with one attached hydrogen (secondary N) is 1. The lowest BCUT2D eigenvalue weighted by atomic mass is 10.0. The van der Waals surface area contributed by atoms with Gasteiger partial charge in [-0.05, 0) is 34.7 Å². The monoisotopic (exact) mass is 345 g/mol. The minimum Gasteiger partial charge on any atom is -0.376 e. The molecule has 1 N–H and O–H groups in total. The summed E-state index contributed by atoms with van der Waals surface area (Å²) in [6.07, 6.45) is 0.929. The third kappa shape index (κ3) is 4.57. The molecule has 0 saturated heterocycles. The maximum absolute atomic E-state index is 11.9. The molecule has 0 aromatic heterocycles. The molecule has 0 aliphatic carbocycles. The molecule has 0 saturated carbocycles. The maximum atomic E-state index is 11.9. The summed E-state index contributed by atoms with van der Waals surface area (Å²) in [5.41, 5.74) is 4.52. The maximum Gasteiger partial charge on any atom is 0.246 e. The Morgan fingerprint density at radius 1 is 1.21 bits per heavy atom. The van der Waals surface area contributed by atoms with E-state index in [2.05, 4.69) is 17.4 Å². The Kier molecular flexibility index (Phi) is 5.86. The highest BCUT2D eigenvalue weighted by atomic mass is 35.5. The van der Waals surface area contributed by atoms with Gasteiger partial charge in [0.05, 0.1) is 19.8 Å². The molecule has 4 nitrogen and oxygen atoms in total. The highest BCUT2D eigenvalue weighted by Crippen LogP contribution is 2.18.